The Kier molecular flexibility index (Phi) is 6.55. The summed E-state index contributed by atoms with van der Waals surface area (Å²) in [5.74, 6) is -1.98. The van der Waals surface area contributed by atoms with Gasteiger partial charge in [0.2, 0.25) is 5.67 Å². The summed E-state index contributed by atoms with van der Waals surface area (Å²) in [6.07, 6.45) is -0.0735. The minimum Gasteiger partial charge on any atom is -0.748 e. The molecule has 5 nitrogen and oxygen atoms in total. The molecule has 0 amide bonds. The van der Waals surface area contributed by atoms with Gasteiger partial charge in [-0.3, -0.25) is 0 Å². The van der Waals surface area contributed by atoms with Crippen LogP contribution in [0.4, 0.5) is 4.39 Å². The summed E-state index contributed by atoms with van der Waals surface area (Å²) in [5.41, 5.74) is -2.13. The van der Waals surface area contributed by atoms with Crippen molar-refractivity contribution in [2.75, 3.05) is 12.4 Å². The maximum atomic E-state index is 13.1. The van der Waals surface area contributed by atoms with E-state index in [0.717, 1.165) is 6.92 Å². The van der Waals surface area contributed by atoms with Crippen molar-refractivity contribution in [2.24, 2.45) is 0 Å². The zero-order valence-corrected chi connectivity index (χ0v) is 9.77. The molecule has 0 saturated heterocycles. The molecule has 0 aromatic rings. The molecule has 0 N–H and O–H groups in total. The highest BCUT2D eigenvalue weighted by atomic mass is 32.2. The van der Waals surface area contributed by atoms with E-state index in [1.807, 2.05) is 0 Å². The van der Waals surface area contributed by atoms with Crippen molar-refractivity contribution in [2.45, 2.75) is 25.9 Å². The molecule has 0 aliphatic heterocycles. The van der Waals surface area contributed by atoms with E-state index in [-0.39, 0.29) is 13.8 Å². The molecule has 1 atom stereocenters. The third-order valence-electron chi connectivity index (χ3n) is 1.66. The van der Waals surface area contributed by atoms with Gasteiger partial charge in [-0.05, 0) is 13.3 Å². The maximum absolute atomic E-state index is 13.1. The van der Waals surface area contributed by atoms with Crippen molar-refractivity contribution in [3.63, 3.8) is 0 Å². The monoisotopic (exact) mass is 242 g/mol. The van der Waals surface area contributed by atoms with Gasteiger partial charge in [-0.15, -0.1) is 0 Å². The van der Waals surface area contributed by atoms with E-state index in [9.17, 15) is 22.2 Å². The topological polar surface area (TPSA) is 83.5 Å². The second-order valence-electron chi connectivity index (χ2n) is 2.95. The molecule has 90 valence electrons. The van der Waals surface area contributed by atoms with Gasteiger partial charge in [-0.1, -0.05) is 6.92 Å². The van der Waals surface area contributed by atoms with Crippen LogP contribution in [0, 0.1) is 7.43 Å². The van der Waals surface area contributed by atoms with Crippen LogP contribution in [0.15, 0.2) is 0 Å². The van der Waals surface area contributed by atoms with E-state index in [1.54, 1.807) is 0 Å². The molecule has 0 aromatic carbocycles. The number of carbonyl (C=O) groups is 1. The summed E-state index contributed by atoms with van der Waals surface area (Å²) in [5, 5.41) is 0. The van der Waals surface area contributed by atoms with Gasteiger partial charge >= 0.3 is 5.97 Å². The van der Waals surface area contributed by atoms with Crippen molar-refractivity contribution in [1.29, 1.82) is 0 Å². The van der Waals surface area contributed by atoms with Gasteiger partial charge in [-0.25, -0.2) is 17.6 Å². The molecular weight excluding hydrogens is 227 g/mol. The van der Waals surface area contributed by atoms with Crippen LogP contribution in [0.3, 0.4) is 0 Å². The summed E-state index contributed by atoms with van der Waals surface area (Å²) in [7, 11) is -4.42. The predicted octanol–water partition coefficient (Wildman–Crippen LogP) is 0.663. The van der Waals surface area contributed by atoms with E-state index in [2.05, 4.69) is 4.74 Å². The van der Waals surface area contributed by atoms with Crippen LogP contribution in [-0.4, -0.2) is 37.0 Å². The number of hydrogen-bond donors (Lipinski definition) is 0. The number of hydrogen-bond acceptors (Lipinski definition) is 5. The Balaban J connectivity index is 0. The van der Waals surface area contributed by atoms with Gasteiger partial charge in [0.25, 0.3) is 0 Å². The van der Waals surface area contributed by atoms with Gasteiger partial charge in [0.1, 0.15) is 6.61 Å². The smallest absolute Gasteiger partial charge is 0.343 e. The average Bonchev–Trinajstić information content (AvgIpc) is 2.02. The number of halogens is 1. The van der Waals surface area contributed by atoms with Gasteiger partial charge in [0, 0.05) is 7.43 Å². The number of carbonyl (C=O) groups excluding carboxylic acids is 1. The SMILES string of the molecule is CCC(C)(F)C(=O)OCCS(=O)(=O)[O-].[CH3+]. The normalized spacial score (nSPS) is 14.9. The Hall–Kier alpha value is -0.820. The van der Waals surface area contributed by atoms with Gasteiger partial charge in [0.15, 0.2) is 0 Å². The van der Waals surface area contributed by atoms with Crippen LogP contribution in [0.2, 0.25) is 0 Å². The first-order valence-corrected chi connectivity index (χ1v) is 5.56. The van der Waals surface area contributed by atoms with Gasteiger partial charge < -0.3 is 9.29 Å². The number of alkyl halides is 1. The summed E-state index contributed by atoms with van der Waals surface area (Å²) < 4.78 is 47.7. The molecule has 0 aliphatic carbocycles. The quantitative estimate of drug-likeness (QED) is 0.402. The molecule has 0 radical (unpaired) electrons. The second-order valence-corrected chi connectivity index (χ2v) is 4.47. The largest absolute Gasteiger partial charge is 0.748 e. The van der Waals surface area contributed by atoms with Crippen LogP contribution in [0.1, 0.15) is 20.3 Å². The highest BCUT2D eigenvalue weighted by Gasteiger charge is 2.32. The Morgan fingerprint density at radius 2 is 2.00 bits per heavy atom. The molecule has 0 saturated carbocycles. The summed E-state index contributed by atoms with van der Waals surface area (Å²) in [6.45, 7) is 1.87. The van der Waals surface area contributed by atoms with Crippen molar-refractivity contribution < 1.29 is 26.9 Å². The van der Waals surface area contributed by atoms with Crippen molar-refractivity contribution in [3.05, 3.63) is 7.43 Å². The fourth-order valence-electron chi connectivity index (χ4n) is 0.531. The Morgan fingerprint density at radius 3 is 2.33 bits per heavy atom. The second kappa shape index (κ2) is 5.92. The lowest BCUT2D eigenvalue weighted by Crippen LogP contribution is -2.32. The van der Waals surface area contributed by atoms with Crippen LogP contribution in [0.5, 0.6) is 0 Å². The minimum absolute atomic E-state index is 0. The molecule has 0 fully saturated rings. The Labute approximate surface area is 89.4 Å². The molecule has 0 bridgehead atoms. The lowest BCUT2D eigenvalue weighted by Gasteiger charge is -2.16. The zero-order chi connectivity index (χ0) is 11.4. The van der Waals surface area contributed by atoms with E-state index in [1.165, 1.54) is 6.92 Å². The third-order valence-corrected chi connectivity index (χ3v) is 2.32. The minimum atomic E-state index is -4.42. The maximum Gasteiger partial charge on any atom is 0.343 e. The number of ether oxygens (including phenoxy) is 1. The molecule has 0 rings (SSSR count). The highest BCUT2D eigenvalue weighted by Crippen LogP contribution is 2.16. The average molecular weight is 242 g/mol. The van der Waals surface area contributed by atoms with Gasteiger partial charge in [-0.2, -0.15) is 0 Å². The Bertz CT molecular complexity index is 296. The Morgan fingerprint density at radius 1 is 1.53 bits per heavy atom. The zero-order valence-electron chi connectivity index (χ0n) is 8.95. The molecule has 0 heterocycles. The van der Waals surface area contributed by atoms with Crippen LogP contribution < -0.4 is 0 Å². The van der Waals surface area contributed by atoms with Crippen molar-refractivity contribution in [3.8, 4) is 0 Å². The fraction of sp³-hybridized carbons (Fsp3) is 0.750. The van der Waals surface area contributed by atoms with E-state index in [0.29, 0.717) is 0 Å². The molecule has 0 aliphatic rings. The fourth-order valence-corrected chi connectivity index (χ4v) is 0.819. The summed E-state index contributed by atoms with van der Waals surface area (Å²) >= 11 is 0. The first kappa shape index (κ1) is 16.6. The number of rotatable bonds is 5. The van der Waals surface area contributed by atoms with Crippen LogP contribution in [0.25, 0.3) is 0 Å². The molecular formula is C8H15FO5S. The molecule has 0 spiro atoms. The predicted molar refractivity (Wildman–Crippen MR) is 51.7 cm³/mol. The molecule has 15 heavy (non-hydrogen) atoms. The van der Waals surface area contributed by atoms with Gasteiger partial charge in [0.05, 0.1) is 15.9 Å². The van der Waals surface area contributed by atoms with Crippen LogP contribution in [-0.2, 0) is 19.6 Å². The third kappa shape index (κ3) is 7.15. The lowest BCUT2D eigenvalue weighted by atomic mass is 10.1. The van der Waals surface area contributed by atoms with E-state index in [4.69, 9.17) is 0 Å². The number of esters is 1. The van der Waals surface area contributed by atoms with Crippen LogP contribution >= 0.6 is 0 Å². The first-order chi connectivity index (χ1) is 6.19. The molecule has 7 heteroatoms. The summed E-state index contributed by atoms with van der Waals surface area (Å²) in [4.78, 5) is 10.9. The molecule has 1 unspecified atom stereocenters. The lowest BCUT2D eigenvalue weighted by molar-refractivity contribution is -0.156. The first-order valence-electron chi connectivity index (χ1n) is 3.99. The summed E-state index contributed by atoms with van der Waals surface area (Å²) in [6, 6.07) is 0. The standard InChI is InChI=1S/C7H13FO5S.CH3/c1-3-7(2,8)6(9)13-4-5-14(10,11)12;/h3-5H2,1-2H3,(H,10,11,12);1H3/q;+1/p-1. The molecule has 0 aromatic heterocycles. The van der Waals surface area contributed by atoms with E-state index >= 15 is 0 Å². The highest BCUT2D eigenvalue weighted by molar-refractivity contribution is 7.85. The van der Waals surface area contributed by atoms with Crippen molar-refractivity contribution >= 4 is 16.1 Å². The van der Waals surface area contributed by atoms with E-state index < -0.39 is 34.1 Å². The van der Waals surface area contributed by atoms with Crippen molar-refractivity contribution in [1.82, 2.24) is 0 Å².